The number of fused-ring (bicyclic) bond motifs is 1. The highest BCUT2D eigenvalue weighted by Gasteiger charge is 2.34. The first-order valence-electron chi connectivity index (χ1n) is 6.48. The number of hydrogen-bond donors (Lipinski definition) is 1. The number of benzene rings is 1. The van der Waals surface area contributed by atoms with Crippen molar-refractivity contribution in [3.8, 4) is 0 Å². The van der Waals surface area contributed by atoms with Crippen LogP contribution in [0.25, 0.3) is 0 Å². The summed E-state index contributed by atoms with van der Waals surface area (Å²) in [6, 6.07) is 6.76. The van der Waals surface area contributed by atoms with Gasteiger partial charge in [-0.05, 0) is 18.6 Å². The molecule has 1 heterocycles. The van der Waals surface area contributed by atoms with Crippen LogP contribution in [0, 0.1) is 0 Å². The first-order valence-corrected chi connectivity index (χ1v) is 6.48. The Morgan fingerprint density at radius 3 is 2.35 bits per heavy atom. The molecule has 0 saturated heterocycles. The van der Waals surface area contributed by atoms with Crippen molar-refractivity contribution >= 4 is 17.7 Å². The summed E-state index contributed by atoms with van der Waals surface area (Å²) < 4.78 is 0. The lowest BCUT2D eigenvalue weighted by atomic mass is 10.1. The van der Waals surface area contributed by atoms with Crippen LogP contribution < -0.4 is 5.32 Å². The Hall–Kier alpha value is -2.43. The van der Waals surface area contributed by atoms with E-state index >= 15 is 0 Å². The highest BCUT2D eigenvalue weighted by Crippen LogP contribution is 2.22. The van der Waals surface area contributed by atoms with E-state index in [2.05, 4.69) is 11.9 Å². The highest BCUT2D eigenvalue weighted by molar-refractivity contribution is 6.21. The molecular formula is C15H16N2O3. The molecule has 104 valence electrons. The second-order valence-electron chi connectivity index (χ2n) is 4.50. The van der Waals surface area contributed by atoms with Crippen LogP contribution in [0.15, 0.2) is 36.9 Å². The molecule has 0 spiro atoms. The molecule has 0 radical (unpaired) electrons. The van der Waals surface area contributed by atoms with Gasteiger partial charge in [0.25, 0.3) is 11.8 Å². The lowest BCUT2D eigenvalue weighted by Gasteiger charge is -2.13. The normalized spacial score (nSPS) is 13.3. The van der Waals surface area contributed by atoms with Gasteiger partial charge < -0.3 is 5.32 Å². The van der Waals surface area contributed by atoms with Crippen LogP contribution in [0.1, 0.15) is 33.6 Å². The fraction of sp³-hybridized carbons (Fsp3) is 0.267. The summed E-state index contributed by atoms with van der Waals surface area (Å²) in [5.41, 5.74) is 0.877. The molecule has 0 atom stereocenters. The van der Waals surface area contributed by atoms with Gasteiger partial charge in [-0.3, -0.25) is 19.3 Å². The van der Waals surface area contributed by atoms with Crippen molar-refractivity contribution in [1.29, 1.82) is 0 Å². The molecule has 2 rings (SSSR count). The molecule has 3 amide bonds. The van der Waals surface area contributed by atoms with E-state index in [9.17, 15) is 14.4 Å². The Bertz CT molecular complexity index is 531. The Kier molecular flexibility index (Phi) is 4.30. The average Bonchev–Trinajstić information content (AvgIpc) is 2.70. The summed E-state index contributed by atoms with van der Waals surface area (Å²) in [6.45, 7) is 4.19. The third kappa shape index (κ3) is 2.77. The SMILES string of the molecule is C=CCNC(=O)CCCN1C(=O)c2ccccc2C1=O. The number of amides is 3. The summed E-state index contributed by atoms with van der Waals surface area (Å²) in [6.07, 6.45) is 2.33. The molecule has 1 aromatic carbocycles. The number of nitrogens with one attached hydrogen (secondary N) is 1. The zero-order valence-electron chi connectivity index (χ0n) is 11.1. The van der Waals surface area contributed by atoms with Gasteiger partial charge in [0.15, 0.2) is 0 Å². The Morgan fingerprint density at radius 1 is 1.20 bits per heavy atom. The molecule has 0 bridgehead atoms. The third-order valence-electron chi connectivity index (χ3n) is 3.11. The largest absolute Gasteiger partial charge is 0.353 e. The molecule has 5 heteroatoms. The van der Waals surface area contributed by atoms with E-state index in [1.165, 1.54) is 4.90 Å². The van der Waals surface area contributed by atoms with Gasteiger partial charge in [0, 0.05) is 19.5 Å². The van der Waals surface area contributed by atoms with Crippen molar-refractivity contribution in [2.24, 2.45) is 0 Å². The molecule has 1 aliphatic rings. The van der Waals surface area contributed by atoms with E-state index in [0.717, 1.165) is 0 Å². The van der Waals surface area contributed by atoms with Crippen molar-refractivity contribution in [3.63, 3.8) is 0 Å². The maximum atomic E-state index is 12.0. The first-order chi connectivity index (χ1) is 9.65. The predicted octanol–water partition coefficient (Wildman–Crippen LogP) is 1.36. The van der Waals surface area contributed by atoms with Gasteiger partial charge >= 0.3 is 0 Å². The molecule has 0 aromatic heterocycles. The number of imide groups is 1. The minimum absolute atomic E-state index is 0.110. The van der Waals surface area contributed by atoms with Crippen LogP contribution in [-0.4, -0.2) is 35.7 Å². The lowest BCUT2D eigenvalue weighted by Crippen LogP contribution is -2.32. The molecule has 1 N–H and O–H groups in total. The van der Waals surface area contributed by atoms with Gasteiger partial charge in [0.1, 0.15) is 0 Å². The van der Waals surface area contributed by atoms with Crippen molar-refractivity contribution in [2.75, 3.05) is 13.1 Å². The van der Waals surface area contributed by atoms with Crippen LogP contribution >= 0.6 is 0 Å². The third-order valence-corrected chi connectivity index (χ3v) is 3.11. The van der Waals surface area contributed by atoms with Crippen LogP contribution in [0.4, 0.5) is 0 Å². The molecule has 0 unspecified atom stereocenters. The minimum Gasteiger partial charge on any atom is -0.353 e. The second-order valence-corrected chi connectivity index (χ2v) is 4.50. The number of carbonyl (C=O) groups is 3. The molecule has 20 heavy (non-hydrogen) atoms. The number of rotatable bonds is 6. The van der Waals surface area contributed by atoms with Gasteiger partial charge in [-0.25, -0.2) is 0 Å². The smallest absolute Gasteiger partial charge is 0.261 e. The Labute approximate surface area is 117 Å². The van der Waals surface area contributed by atoms with Gasteiger partial charge in [-0.15, -0.1) is 6.58 Å². The van der Waals surface area contributed by atoms with E-state index in [4.69, 9.17) is 0 Å². The van der Waals surface area contributed by atoms with E-state index in [-0.39, 0.29) is 30.7 Å². The van der Waals surface area contributed by atoms with Gasteiger partial charge in [0.05, 0.1) is 11.1 Å². The summed E-state index contributed by atoms with van der Waals surface area (Å²) in [5.74, 6) is -0.671. The van der Waals surface area contributed by atoms with E-state index in [1.807, 2.05) is 0 Å². The van der Waals surface area contributed by atoms with E-state index < -0.39 is 0 Å². The van der Waals surface area contributed by atoms with Crippen LogP contribution in [0.5, 0.6) is 0 Å². The molecular weight excluding hydrogens is 256 g/mol. The molecule has 1 aromatic rings. The maximum Gasteiger partial charge on any atom is 0.261 e. The predicted molar refractivity (Wildman–Crippen MR) is 74.2 cm³/mol. The molecule has 0 fully saturated rings. The summed E-state index contributed by atoms with van der Waals surface area (Å²) in [5, 5.41) is 2.65. The van der Waals surface area contributed by atoms with Crippen molar-refractivity contribution < 1.29 is 14.4 Å². The van der Waals surface area contributed by atoms with Gasteiger partial charge in [-0.1, -0.05) is 18.2 Å². The van der Waals surface area contributed by atoms with Gasteiger partial charge in [-0.2, -0.15) is 0 Å². The minimum atomic E-state index is -0.280. The quantitative estimate of drug-likeness (QED) is 0.628. The summed E-state index contributed by atoms with van der Waals surface area (Å²) in [7, 11) is 0. The lowest BCUT2D eigenvalue weighted by molar-refractivity contribution is -0.121. The Morgan fingerprint density at radius 2 is 1.80 bits per heavy atom. The number of nitrogens with zero attached hydrogens (tertiary/aromatic N) is 1. The van der Waals surface area contributed by atoms with Crippen molar-refractivity contribution in [2.45, 2.75) is 12.8 Å². The maximum absolute atomic E-state index is 12.0. The van der Waals surface area contributed by atoms with Crippen molar-refractivity contribution in [3.05, 3.63) is 48.0 Å². The fourth-order valence-corrected chi connectivity index (χ4v) is 2.11. The number of hydrogen-bond acceptors (Lipinski definition) is 3. The Balaban J connectivity index is 1.90. The van der Waals surface area contributed by atoms with E-state index in [0.29, 0.717) is 24.1 Å². The molecule has 5 nitrogen and oxygen atoms in total. The van der Waals surface area contributed by atoms with Crippen LogP contribution in [0.2, 0.25) is 0 Å². The van der Waals surface area contributed by atoms with Crippen LogP contribution in [0.3, 0.4) is 0 Å². The number of carbonyl (C=O) groups excluding carboxylic acids is 3. The van der Waals surface area contributed by atoms with Crippen molar-refractivity contribution in [1.82, 2.24) is 10.2 Å². The molecule has 0 saturated carbocycles. The highest BCUT2D eigenvalue weighted by atomic mass is 16.2. The van der Waals surface area contributed by atoms with Gasteiger partial charge in [0.2, 0.25) is 5.91 Å². The zero-order chi connectivity index (χ0) is 14.5. The average molecular weight is 272 g/mol. The van der Waals surface area contributed by atoms with Crippen LogP contribution in [-0.2, 0) is 4.79 Å². The topological polar surface area (TPSA) is 66.5 Å². The first kappa shape index (κ1) is 14.0. The zero-order valence-corrected chi connectivity index (χ0v) is 11.1. The monoisotopic (exact) mass is 272 g/mol. The molecule has 1 aliphatic heterocycles. The standard InChI is InChI=1S/C15H16N2O3/c1-2-9-16-13(18)8-5-10-17-14(19)11-6-3-4-7-12(11)15(17)20/h2-4,6-7H,1,5,8-10H2,(H,16,18). The fourth-order valence-electron chi connectivity index (χ4n) is 2.11. The molecule has 0 aliphatic carbocycles. The second kappa shape index (κ2) is 6.14. The summed E-state index contributed by atoms with van der Waals surface area (Å²) in [4.78, 5) is 36.7. The summed E-state index contributed by atoms with van der Waals surface area (Å²) >= 11 is 0. The van der Waals surface area contributed by atoms with E-state index in [1.54, 1.807) is 30.3 Å².